The van der Waals surface area contributed by atoms with Crippen molar-refractivity contribution in [1.29, 1.82) is 0 Å². The molecule has 20 heavy (non-hydrogen) atoms. The summed E-state index contributed by atoms with van der Waals surface area (Å²) in [5, 5.41) is 8.83. The Morgan fingerprint density at radius 1 is 1.10 bits per heavy atom. The summed E-state index contributed by atoms with van der Waals surface area (Å²) in [6, 6.07) is 1.82. The molecule has 2 aliphatic carbocycles. The number of carboxylic acids is 1. The lowest BCUT2D eigenvalue weighted by atomic mass is 10.1. The van der Waals surface area contributed by atoms with Crippen molar-refractivity contribution in [1.82, 2.24) is 0 Å². The molecular weight excluding hydrogens is 264 g/mol. The third kappa shape index (κ3) is 2.92. The van der Waals surface area contributed by atoms with Gasteiger partial charge < -0.3 is 10.0 Å². The van der Waals surface area contributed by atoms with E-state index >= 15 is 0 Å². The van der Waals surface area contributed by atoms with E-state index in [0.717, 1.165) is 37.8 Å². The number of carboxylic acid groups (broad SMARTS) is 1. The van der Waals surface area contributed by atoms with Gasteiger partial charge in [-0.25, -0.2) is 13.6 Å². The second kappa shape index (κ2) is 5.04. The highest BCUT2D eigenvalue weighted by Gasteiger charge is 2.32. The first-order chi connectivity index (χ1) is 9.54. The topological polar surface area (TPSA) is 40.5 Å². The van der Waals surface area contributed by atoms with Gasteiger partial charge in [0.25, 0.3) is 0 Å². The third-order valence-corrected chi connectivity index (χ3v) is 3.93. The molecule has 0 spiro atoms. The lowest BCUT2D eigenvalue weighted by Gasteiger charge is -2.26. The molecular formula is C15H17F2NO2. The minimum Gasteiger partial charge on any atom is -0.478 e. The summed E-state index contributed by atoms with van der Waals surface area (Å²) in [4.78, 5) is 12.6. The highest BCUT2D eigenvalue weighted by Crippen LogP contribution is 2.37. The Bertz CT molecular complexity index is 502. The third-order valence-electron chi connectivity index (χ3n) is 3.93. The van der Waals surface area contributed by atoms with E-state index < -0.39 is 17.6 Å². The molecule has 0 heterocycles. The number of hydrogen-bond acceptors (Lipinski definition) is 2. The van der Waals surface area contributed by atoms with Gasteiger partial charge in [-0.3, -0.25) is 0 Å². The average molecular weight is 281 g/mol. The second-order valence-corrected chi connectivity index (χ2v) is 5.89. The van der Waals surface area contributed by atoms with Gasteiger partial charge >= 0.3 is 5.97 Å². The van der Waals surface area contributed by atoms with Gasteiger partial charge in [-0.2, -0.15) is 0 Å². The summed E-state index contributed by atoms with van der Waals surface area (Å²) in [7, 11) is 0. The molecule has 0 saturated heterocycles. The van der Waals surface area contributed by atoms with Crippen LogP contribution in [0, 0.1) is 23.5 Å². The van der Waals surface area contributed by atoms with Crippen LogP contribution in [0.1, 0.15) is 36.0 Å². The minimum absolute atomic E-state index is 0.0613. The fraction of sp³-hybridized carbons (Fsp3) is 0.533. The van der Waals surface area contributed by atoms with Crippen LogP contribution in [-0.2, 0) is 0 Å². The van der Waals surface area contributed by atoms with Crippen LogP contribution in [0.2, 0.25) is 0 Å². The van der Waals surface area contributed by atoms with E-state index in [1.165, 1.54) is 0 Å². The molecule has 0 bridgehead atoms. The van der Waals surface area contributed by atoms with Crippen molar-refractivity contribution in [3.63, 3.8) is 0 Å². The highest BCUT2D eigenvalue weighted by atomic mass is 19.1. The molecule has 5 heteroatoms. The van der Waals surface area contributed by atoms with Gasteiger partial charge in [0.1, 0.15) is 17.3 Å². The number of nitrogens with zero attached hydrogens (tertiary/aromatic N) is 1. The smallest absolute Gasteiger partial charge is 0.335 e. The zero-order valence-electron chi connectivity index (χ0n) is 11.1. The van der Waals surface area contributed by atoms with Crippen molar-refractivity contribution in [2.75, 3.05) is 18.0 Å². The van der Waals surface area contributed by atoms with E-state index in [1.807, 2.05) is 0 Å². The maximum absolute atomic E-state index is 14.1. The molecule has 1 N–H and O–H groups in total. The highest BCUT2D eigenvalue weighted by molar-refractivity contribution is 5.88. The Morgan fingerprint density at radius 3 is 1.90 bits per heavy atom. The van der Waals surface area contributed by atoms with Crippen molar-refractivity contribution in [3.05, 3.63) is 29.3 Å². The monoisotopic (exact) mass is 281 g/mol. The first-order valence-electron chi connectivity index (χ1n) is 7.02. The number of carbonyl (C=O) groups is 1. The van der Waals surface area contributed by atoms with Crippen molar-refractivity contribution in [2.24, 2.45) is 11.8 Å². The number of rotatable bonds is 6. The number of hydrogen-bond donors (Lipinski definition) is 1. The van der Waals surface area contributed by atoms with Gasteiger partial charge in [-0.15, -0.1) is 0 Å². The van der Waals surface area contributed by atoms with Crippen molar-refractivity contribution in [3.8, 4) is 0 Å². The van der Waals surface area contributed by atoms with Gasteiger partial charge in [-0.05, 0) is 49.7 Å². The molecule has 0 unspecified atom stereocenters. The van der Waals surface area contributed by atoms with Crippen LogP contribution in [-0.4, -0.2) is 24.2 Å². The van der Waals surface area contributed by atoms with Crippen molar-refractivity contribution in [2.45, 2.75) is 25.7 Å². The van der Waals surface area contributed by atoms with Crippen LogP contribution in [0.15, 0.2) is 12.1 Å². The van der Waals surface area contributed by atoms with Crippen LogP contribution < -0.4 is 4.90 Å². The summed E-state index contributed by atoms with van der Waals surface area (Å²) in [6.45, 7) is 1.33. The van der Waals surface area contributed by atoms with Crippen molar-refractivity contribution >= 4 is 11.7 Å². The van der Waals surface area contributed by atoms with Gasteiger partial charge in [0.15, 0.2) is 0 Å². The molecule has 3 rings (SSSR count). The second-order valence-electron chi connectivity index (χ2n) is 5.89. The minimum atomic E-state index is -1.31. The normalized spacial score (nSPS) is 18.1. The van der Waals surface area contributed by atoms with Crippen LogP contribution in [0.25, 0.3) is 0 Å². The van der Waals surface area contributed by atoms with E-state index in [4.69, 9.17) is 5.11 Å². The van der Waals surface area contributed by atoms with E-state index in [1.54, 1.807) is 4.90 Å². The molecule has 0 aromatic heterocycles. The van der Waals surface area contributed by atoms with Gasteiger partial charge in [0, 0.05) is 13.1 Å². The summed E-state index contributed by atoms with van der Waals surface area (Å²) >= 11 is 0. The Hall–Kier alpha value is -1.65. The zero-order valence-corrected chi connectivity index (χ0v) is 11.1. The maximum atomic E-state index is 14.1. The van der Waals surface area contributed by atoms with Crippen LogP contribution in [0.5, 0.6) is 0 Å². The molecule has 108 valence electrons. The quantitative estimate of drug-likeness (QED) is 0.870. The molecule has 0 amide bonds. The van der Waals surface area contributed by atoms with Gasteiger partial charge in [0.2, 0.25) is 0 Å². The zero-order chi connectivity index (χ0) is 14.3. The summed E-state index contributed by atoms with van der Waals surface area (Å²) in [6.07, 6.45) is 4.43. The molecule has 2 aliphatic rings. The first kappa shape index (κ1) is 13.3. The number of aromatic carboxylic acids is 1. The fourth-order valence-electron chi connectivity index (χ4n) is 2.47. The predicted octanol–water partition coefficient (Wildman–Crippen LogP) is 3.29. The Balaban J connectivity index is 1.89. The molecule has 2 fully saturated rings. The van der Waals surface area contributed by atoms with E-state index in [-0.39, 0.29) is 11.3 Å². The van der Waals surface area contributed by atoms with Crippen molar-refractivity contribution < 1.29 is 18.7 Å². The molecule has 0 aliphatic heterocycles. The summed E-state index contributed by atoms with van der Waals surface area (Å²) in [5.74, 6) is -1.82. The molecule has 0 atom stereocenters. The summed E-state index contributed by atoms with van der Waals surface area (Å²) < 4.78 is 28.2. The molecule has 2 saturated carbocycles. The maximum Gasteiger partial charge on any atom is 0.335 e. The van der Waals surface area contributed by atoms with Gasteiger partial charge in [-0.1, -0.05) is 0 Å². The number of benzene rings is 1. The lowest BCUT2D eigenvalue weighted by Crippen LogP contribution is -2.30. The molecule has 1 aromatic carbocycles. The fourth-order valence-corrected chi connectivity index (χ4v) is 2.47. The molecule has 0 radical (unpaired) electrons. The molecule has 1 aromatic rings. The Morgan fingerprint density at radius 2 is 1.55 bits per heavy atom. The lowest BCUT2D eigenvalue weighted by molar-refractivity contribution is 0.0695. The van der Waals surface area contributed by atoms with E-state index in [9.17, 15) is 13.6 Å². The average Bonchev–Trinajstić information content (AvgIpc) is 3.23. The SMILES string of the molecule is O=C(O)c1cc(F)c(N(CC2CC2)CC2CC2)c(F)c1. The van der Waals surface area contributed by atoms with Crippen LogP contribution >= 0.6 is 0 Å². The Kier molecular flexibility index (Phi) is 3.36. The van der Waals surface area contributed by atoms with E-state index in [0.29, 0.717) is 24.9 Å². The first-order valence-corrected chi connectivity index (χ1v) is 7.02. The summed E-state index contributed by atoms with van der Waals surface area (Å²) in [5.41, 5.74) is -0.407. The van der Waals surface area contributed by atoms with E-state index in [2.05, 4.69) is 0 Å². The Labute approximate surface area is 116 Å². The number of anilines is 1. The van der Waals surface area contributed by atoms with Gasteiger partial charge in [0.05, 0.1) is 5.56 Å². The van der Waals surface area contributed by atoms with Crippen LogP contribution in [0.4, 0.5) is 14.5 Å². The predicted molar refractivity (Wildman–Crippen MR) is 71.0 cm³/mol. The number of halogens is 2. The largest absolute Gasteiger partial charge is 0.478 e. The molecule has 3 nitrogen and oxygen atoms in total. The van der Waals surface area contributed by atoms with Crippen LogP contribution in [0.3, 0.4) is 0 Å². The standard InChI is InChI=1S/C15H17F2NO2/c16-12-5-11(15(19)20)6-13(17)14(12)18(7-9-1-2-9)8-10-3-4-10/h5-6,9-10H,1-4,7-8H2,(H,19,20).